The Balaban J connectivity index is 3.01. The van der Waals surface area contributed by atoms with Crippen LogP contribution in [-0.2, 0) is 25.7 Å². The summed E-state index contributed by atoms with van der Waals surface area (Å²) >= 11 is 0. The number of unbranched alkanes of at least 4 members (excludes halogenated alkanes) is 1. The first-order valence-electron chi connectivity index (χ1n) is 7.27. The standard InChI is InChI=1S/C15H23F2O3P/c1-4-7-8-13-9-11-14(12-10-13)15(16,17)21(18,19-5-2)20-6-3/h9-12H,4-8H2,1-3H3. The molecule has 1 aromatic carbocycles. The molecule has 0 aromatic heterocycles. The van der Waals surface area contributed by atoms with Crippen molar-refractivity contribution in [1.29, 1.82) is 0 Å². The van der Waals surface area contributed by atoms with E-state index in [0.29, 0.717) is 0 Å². The van der Waals surface area contributed by atoms with E-state index in [4.69, 9.17) is 9.05 Å². The normalized spacial score (nSPS) is 12.6. The van der Waals surface area contributed by atoms with Gasteiger partial charge in [-0.25, -0.2) is 0 Å². The highest BCUT2D eigenvalue weighted by Gasteiger charge is 2.54. The van der Waals surface area contributed by atoms with Crippen molar-refractivity contribution >= 4 is 7.60 Å². The van der Waals surface area contributed by atoms with Crippen LogP contribution in [0.15, 0.2) is 24.3 Å². The molecular weight excluding hydrogens is 297 g/mol. The summed E-state index contributed by atoms with van der Waals surface area (Å²) in [4.78, 5) is 0. The fourth-order valence-corrected chi connectivity index (χ4v) is 3.49. The molecule has 0 aliphatic rings. The van der Waals surface area contributed by atoms with Gasteiger partial charge in [-0.15, -0.1) is 0 Å². The van der Waals surface area contributed by atoms with Gasteiger partial charge in [-0.1, -0.05) is 37.6 Å². The van der Waals surface area contributed by atoms with Gasteiger partial charge in [-0.05, 0) is 32.3 Å². The average molecular weight is 320 g/mol. The third-order valence-corrected chi connectivity index (χ3v) is 5.20. The van der Waals surface area contributed by atoms with Crippen LogP contribution in [0.5, 0.6) is 0 Å². The Kier molecular flexibility index (Phi) is 6.98. The van der Waals surface area contributed by atoms with Crippen LogP contribution in [0.1, 0.15) is 44.7 Å². The van der Waals surface area contributed by atoms with E-state index < -0.39 is 13.3 Å². The molecule has 6 heteroatoms. The van der Waals surface area contributed by atoms with Crippen molar-refractivity contribution in [2.75, 3.05) is 13.2 Å². The van der Waals surface area contributed by atoms with E-state index >= 15 is 0 Å². The molecule has 1 aromatic rings. The van der Waals surface area contributed by atoms with Crippen LogP contribution >= 0.6 is 7.60 Å². The van der Waals surface area contributed by atoms with Crippen LogP contribution in [0.2, 0.25) is 0 Å². The molecule has 0 heterocycles. The summed E-state index contributed by atoms with van der Waals surface area (Å²) in [6, 6.07) is 5.88. The molecule has 0 amide bonds. The second kappa shape index (κ2) is 8.02. The molecule has 0 saturated carbocycles. The van der Waals surface area contributed by atoms with Gasteiger partial charge < -0.3 is 9.05 Å². The third-order valence-electron chi connectivity index (χ3n) is 3.06. The van der Waals surface area contributed by atoms with Gasteiger partial charge in [0.15, 0.2) is 0 Å². The summed E-state index contributed by atoms with van der Waals surface area (Å²) in [5, 5.41) is 0. The number of rotatable bonds is 9. The molecule has 120 valence electrons. The SMILES string of the molecule is CCCCc1ccc(C(F)(F)P(=O)(OCC)OCC)cc1. The van der Waals surface area contributed by atoms with Gasteiger partial charge in [0.25, 0.3) is 0 Å². The minimum absolute atomic E-state index is 0.0958. The molecule has 0 spiro atoms. The van der Waals surface area contributed by atoms with Crippen LogP contribution < -0.4 is 0 Å². The molecule has 0 aliphatic carbocycles. The van der Waals surface area contributed by atoms with Gasteiger partial charge in [0.2, 0.25) is 0 Å². The summed E-state index contributed by atoms with van der Waals surface area (Å²) in [5.41, 5.74) is -3.01. The minimum Gasteiger partial charge on any atom is -0.304 e. The quantitative estimate of drug-likeness (QED) is 0.576. The lowest BCUT2D eigenvalue weighted by Gasteiger charge is -2.26. The van der Waals surface area contributed by atoms with Crippen molar-refractivity contribution in [2.24, 2.45) is 0 Å². The third kappa shape index (κ3) is 4.35. The first-order chi connectivity index (χ1) is 9.91. The van der Waals surface area contributed by atoms with E-state index in [1.807, 2.05) is 0 Å². The molecule has 0 aliphatic heterocycles. The number of hydrogen-bond acceptors (Lipinski definition) is 3. The van der Waals surface area contributed by atoms with E-state index in [2.05, 4.69) is 6.92 Å². The van der Waals surface area contributed by atoms with Crippen molar-refractivity contribution in [3.63, 3.8) is 0 Å². The summed E-state index contributed by atoms with van der Waals surface area (Å²) in [7, 11) is -4.51. The van der Waals surface area contributed by atoms with E-state index in [9.17, 15) is 13.3 Å². The van der Waals surface area contributed by atoms with Gasteiger partial charge in [0.05, 0.1) is 13.2 Å². The average Bonchev–Trinajstić information content (AvgIpc) is 2.46. The van der Waals surface area contributed by atoms with Crippen LogP contribution in [0.3, 0.4) is 0 Å². The number of halogens is 2. The molecule has 0 fully saturated rings. The monoisotopic (exact) mass is 320 g/mol. The van der Waals surface area contributed by atoms with Gasteiger partial charge in [-0.2, -0.15) is 8.78 Å². The molecule has 0 bridgehead atoms. The Morgan fingerprint density at radius 3 is 2.00 bits per heavy atom. The molecular formula is C15H23F2O3P. The lowest BCUT2D eigenvalue weighted by molar-refractivity contribution is 0.0360. The maximum atomic E-state index is 14.4. The second-order valence-electron chi connectivity index (χ2n) is 4.67. The highest BCUT2D eigenvalue weighted by atomic mass is 31.2. The molecule has 1 rings (SSSR count). The number of hydrogen-bond donors (Lipinski definition) is 0. The fraction of sp³-hybridized carbons (Fsp3) is 0.600. The van der Waals surface area contributed by atoms with Gasteiger partial charge in [0.1, 0.15) is 0 Å². The number of benzene rings is 1. The summed E-state index contributed by atoms with van der Waals surface area (Å²) in [5.74, 6) is 0. The van der Waals surface area contributed by atoms with E-state index in [0.717, 1.165) is 24.8 Å². The topological polar surface area (TPSA) is 35.5 Å². The summed E-state index contributed by atoms with van der Waals surface area (Å²) in [6.07, 6.45) is 2.89. The van der Waals surface area contributed by atoms with Gasteiger partial charge in [0, 0.05) is 5.56 Å². The van der Waals surface area contributed by atoms with Crippen molar-refractivity contribution in [3.05, 3.63) is 35.4 Å². The molecule has 0 N–H and O–H groups in total. The van der Waals surface area contributed by atoms with Gasteiger partial charge >= 0.3 is 13.3 Å². The smallest absolute Gasteiger partial charge is 0.304 e. The van der Waals surface area contributed by atoms with E-state index in [-0.39, 0.29) is 18.8 Å². The zero-order valence-corrected chi connectivity index (χ0v) is 13.7. The minimum atomic E-state index is -4.51. The zero-order chi connectivity index (χ0) is 15.9. The molecule has 0 saturated heterocycles. The van der Waals surface area contributed by atoms with Crippen molar-refractivity contribution in [1.82, 2.24) is 0 Å². The Morgan fingerprint density at radius 1 is 1.05 bits per heavy atom. The predicted molar refractivity (Wildman–Crippen MR) is 79.8 cm³/mol. The maximum absolute atomic E-state index is 14.4. The summed E-state index contributed by atoms with van der Waals surface area (Å²) in [6.45, 7) is 4.90. The molecule has 3 nitrogen and oxygen atoms in total. The predicted octanol–water partition coefficient (Wildman–Crippen LogP) is 5.34. The van der Waals surface area contributed by atoms with Crippen molar-refractivity contribution < 1.29 is 22.4 Å². The lowest BCUT2D eigenvalue weighted by Crippen LogP contribution is -2.18. The largest absolute Gasteiger partial charge is 0.404 e. The molecule has 0 atom stereocenters. The van der Waals surface area contributed by atoms with Crippen LogP contribution in [0.25, 0.3) is 0 Å². The molecule has 0 unspecified atom stereocenters. The highest BCUT2D eigenvalue weighted by Crippen LogP contribution is 2.66. The Hall–Kier alpha value is -0.770. The molecule has 0 radical (unpaired) electrons. The maximum Gasteiger partial charge on any atom is 0.404 e. The zero-order valence-electron chi connectivity index (χ0n) is 12.8. The first kappa shape index (κ1) is 18.3. The Bertz CT molecular complexity index is 464. The molecule has 21 heavy (non-hydrogen) atoms. The second-order valence-corrected chi connectivity index (χ2v) is 6.75. The van der Waals surface area contributed by atoms with Crippen molar-refractivity contribution in [2.45, 2.75) is 45.7 Å². The van der Waals surface area contributed by atoms with Gasteiger partial charge in [-0.3, -0.25) is 4.57 Å². The van der Waals surface area contributed by atoms with Crippen molar-refractivity contribution in [3.8, 4) is 0 Å². The number of aryl methyl sites for hydroxylation is 1. The Morgan fingerprint density at radius 2 is 1.57 bits per heavy atom. The van der Waals surface area contributed by atoms with Crippen LogP contribution in [0.4, 0.5) is 8.78 Å². The van der Waals surface area contributed by atoms with E-state index in [1.54, 1.807) is 12.1 Å². The first-order valence-corrected chi connectivity index (χ1v) is 8.82. The summed E-state index contributed by atoms with van der Waals surface area (Å²) < 4.78 is 50.7. The lowest BCUT2D eigenvalue weighted by atomic mass is 10.1. The van der Waals surface area contributed by atoms with E-state index in [1.165, 1.54) is 26.0 Å². The van der Waals surface area contributed by atoms with Crippen LogP contribution in [-0.4, -0.2) is 13.2 Å². The fourth-order valence-electron chi connectivity index (χ4n) is 1.95. The number of alkyl halides is 2. The van der Waals surface area contributed by atoms with Crippen LogP contribution in [0, 0.1) is 0 Å². The highest BCUT2D eigenvalue weighted by molar-refractivity contribution is 7.54. The Labute approximate surface area is 125 Å².